The lowest BCUT2D eigenvalue weighted by Gasteiger charge is -2.19. The summed E-state index contributed by atoms with van der Waals surface area (Å²) in [5, 5.41) is 15.2. The first-order chi connectivity index (χ1) is 14.3. The van der Waals surface area contributed by atoms with Gasteiger partial charge in [0.25, 0.3) is 5.56 Å². The van der Waals surface area contributed by atoms with Crippen LogP contribution in [0.15, 0.2) is 47.5 Å². The molecular formula is C22H21ClN4O3. The fraction of sp³-hybridized carbons (Fsp3) is 0.273. The fourth-order valence-electron chi connectivity index (χ4n) is 3.83. The molecule has 0 aliphatic carbocycles. The van der Waals surface area contributed by atoms with E-state index in [2.05, 4.69) is 4.98 Å². The molecule has 0 saturated carbocycles. The Morgan fingerprint density at radius 1 is 1.20 bits per heavy atom. The Morgan fingerprint density at radius 2 is 1.90 bits per heavy atom. The van der Waals surface area contributed by atoms with E-state index in [1.807, 2.05) is 31.2 Å². The number of aryl methyl sites for hydroxylation is 1. The average Bonchev–Trinajstić information content (AvgIpc) is 3.09. The molecule has 0 bridgehead atoms. The van der Waals surface area contributed by atoms with E-state index in [1.165, 1.54) is 17.0 Å². The number of aliphatic carboxylic acids is 1. The van der Waals surface area contributed by atoms with Gasteiger partial charge < -0.3 is 9.67 Å². The van der Waals surface area contributed by atoms with Gasteiger partial charge in [0.15, 0.2) is 5.65 Å². The summed E-state index contributed by atoms with van der Waals surface area (Å²) in [6.07, 6.45) is 3.72. The van der Waals surface area contributed by atoms with Crippen LogP contribution in [0.4, 0.5) is 0 Å². The number of benzene rings is 1. The minimum atomic E-state index is -1.04. The van der Waals surface area contributed by atoms with Gasteiger partial charge in [0.2, 0.25) is 0 Å². The molecule has 0 unspecified atom stereocenters. The lowest BCUT2D eigenvalue weighted by atomic mass is 10.0. The van der Waals surface area contributed by atoms with Crippen LogP contribution < -0.4 is 5.56 Å². The van der Waals surface area contributed by atoms with E-state index in [-0.39, 0.29) is 5.92 Å². The van der Waals surface area contributed by atoms with Crippen molar-refractivity contribution in [2.45, 2.75) is 33.2 Å². The third kappa shape index (κ3) is 3.15. The Balaban J connectivity index is 1.99. The van der Waals surface area contributed by atoms with E-state index in [1.54, 1.807) is 24.4 Å². The maximum absolute atomic E-state index is 13.1. The van der Waals surface area contributed by atoms with E-state index >= 15 is 0 Å². The predicted octanol–water partition coefficient (Wildman–Crippen LogP) is 4.21. The first-order valence-electron chi connectivity index (χ1n) is 9.73. The molecule has 7 nitrogen and oxygen atoms in total. The van der Waals surface area contributed by atoms with Gasteiger partial charge in [0.1, 0.15) is 6.04 Å². The summed E-state index contributed by atoms with van der Waals surface area (Å²) in [6, 6.07) is 8.24. The van der Waals surface area contributed by atoms with Gasteiger partial charge in [-0.25, -0.2) is 14.3 Å². The van der Waals surface area contributed by atoms with Gasteiger partial charge in [-0.15, -0.1) is 0 Å². The van der Waals surface area contributed by atoms with E-state index in [9.17, 15) is 14.7 Å². The van der Waals surface area contributed by atoms with Gasteiger partial charge in [-0.1, -0.05) is 44.5 Å². The quantitative estimate of drug-likeness (QED) is 0.518. The summed E-state index contributed by atoms with van der Waals surface area (Å²) >= 11 is 6.03. The van der Waals surface area contributed by atoms with Crippen molar-refractivity contribution in [1.29, 1.82) is 0 Å². The Hall–Kier alpha value is -3.19. The van der Waals surface area contributed by atoms with E-state index in [4.69, 9.17) is 16.7 Å². The second kappa shape index (κ2) is 7.57. The smallest absolute Gasteiger partial charge is 0.327 e. The molecule has 0 aliphatic heterocycles. The summed E-state index contributed by atoms with van der Waals surface area (Å²) in [4.78, 5) is 29.3. The van der Waals surface area contributed by atoms with Crippen molar-refractivity contribution < 1.29 is 9.90 Å². The number of carboxylic acid groups (broad SMARTS) is 1. The van der Waals surface area contributed by atoms with Crippen molar-refractivity contribution in [3.63, 3.8) is 0 Å². The largest absolute Gasteiger partial charge is 0.480 e. The molecule has 1 atom stereocenters. The Labute approximate surface area is 177 Å². The second-order valence-corrected chi connectivity index (χ2v) is 7.97. The highest BCUT2D eigenvalue weighted by Crippen LogP contribution is 2.30. The number of nitrogens with zero attached hydrogens (tertiary/aromatic N) is 4. The number of hydrogen-bond donors (Lipinski definition) is 1. The Morgan fingerprint density at radius 3 is 2.50 bits per heavy atom. The Bertz CT molecular complexity index is 1320. The minimum Gasteiger partial charge on any atom is -0.480 e. The first kappa shape index (κ1) is 20.1. The molecule has 0 radical (unpaired) electrons. The van der Waals surface area contributed by atoms with E-state index < -0.39 is 17.6 Å². The first-order valence-corrected chi connectivity index (χ1v) is 10.1. The molecule has 0 aliphatic rings. The minimum absolute atomic E-state index is 0.248. The van der Waals surface area contributed by atoms with Crippen LogP contribution in [-0.2, 0) is 11.2 Å². The molecule has 30 heavy (non-hydrogen) atoms. The van der Waals surface area contributed by atoms with Crippen LogP contribution in [0.3, 0.4) is 0 Å². The van der Waals surface area contributed by atoms with Crippen LogP contribution in [0.5, 0.6) is 0 Å². The molecule has 4 rings (SSSR count). The highest BCUT2D eigenvalue weighted by Gasteiger charge is 2.26. The van der Waals surface area contributed by atoms with Crippen LogP contribution in [0.25, 0.3) is 27.7 Å². The summed E-state index contributed by atoms with van der Waals surface area (Å²) in [5.41, 5.74) is 3.52. The van der Waals surface area contributed by atoms with E-state index in [0.717, 1.165) is 16.8 Å². The van der Waals surface area contributed by atoms with Crippen molar-refractivity contribution in [3.05, 3.63) is 63.8 Å². The van der Waals surface area contributed by atoms with Gasteiger partial charge in [-0.3, -0.25) is 4.79 Å². The van der Waals surface area contributed by atoms with Crippen LogP contribution in [0.1, 0.15) is 32.5 Å². The predicted molar refractivity (Wildman–Crippen MR) is 116 cm³/mol. The van der Waals surface area contributed by atoms with Gasteiger partial charge in [0, 0.05) is 23.0 Å². The number of pyridine rings is 1. The van der Waals surface area contributed by atoms with Crippen molar-refractivity contribution in [3.8, 4) is 11.1 Å². The van der Waals surface area contributed by atoms with Gasteiger partial charge in [-0.05, 0) is 36.1 Å². The lowest BCUT2D eigenvalue weighted by molar-refractivity contribution is -0.142. The van der Waals surface area contributed by atoms with Gasteiger partial charge in [-0.2, -0.15) is 5.10 Å². The molecule has 154 valence electrons. The normalized spacial score (nSPS) is 12.7. The van der Waals surface area contributed by atoms with Crippen LogP contribution >= 0.6 is 11.6 Å². The third-order valence-corrected chi connectivity index (χ3v) is 5.52. The highest BCUT2D eigenvalue weighted by atomic mass is 35.5. The maximum Gasteiger partial charge on any atom is 0.327 e. The van der Waals surface area contributed by atoms with Crippen LogP contribution in [0.2, 0.25) is 5.02 Å². The van der Waals surface area contributed by atoms with E-state index in [0.29, 0.717) is 28.0 Å². The molecule has 3 heterocycles. The SMILES string of the molecule is CCc1nn2c(ncc3c(=O)n([C@@H](C(=O)O)C(C)C)ccc32)c1-c1ccc(Cl)cc1. The second-order valence-electron chi connectivity index (χ2n) is 7.53. The summed E-state index contributed by atoms with van der Waals surface area (Å²) in [6.45, 7) is 5.56. The third-order valence-electron chi connectivity index (χ3n) is 5.26. The molecule has 1 aromatic carbocycles. The van der Waals surface area contributed by atoms with Crippen molar-refractivity contribution >= 4 is 34.1 Å². The van der Waals surface area contributed by atoms with Gasteiger partial charge in [0.05, 0.1) is 16.6 Å². The fourth-order valence-corrected chi connectivity index (χ4v) is 3.96. The molecule has 0 saturated heterocycles. The van der Waals surface area contributed by atoms with Gasteiger partial charge >= 0.3 is 5.97 Å². The van der Waals surface area contributed by atoms with Crippen LogP contribution in [0, 0.1) is 5.92 Å². The molecule has 0 amide bonds. The molecular weight excluding hydrogens is 404 g/mol. The molecule has 4 aromatic rings. The number of carbonyl (C=O) groups is 1. The molecule has 3 aromatic heterocycles. The summed E-state index contributed by atoms with van der Waals surface area (Å²) in [7, 11) is 0. The Kier molecular flexibility index (Phi) is 5.07. The molecule has 0 fully saturated rings. The standard InChI is InChI=1S/C22H21ClN4O3/c1-4-16-18(13-5-7-14(23)8-6-13)20-24-11-15-17(27(20)25-16)9-10-26(21(15)28)19(12(2)3)22(29)30/h5-12,19H,4H2,1-3H3,(H,29,30)/t19-/m1/s1. The zero-order valence-corrected chi connectivity index (χ0v) is 17.6. The number of fused-ring (bicyclic) bond motifs is 3. The number of halogens is 1. The van der Waals surface area contributed by atoms with Crippen molar-refractivity contribution in [2.75, 3.05) is 0 Å². The zero-order chi connectivity index (χ0) is 21.6. The number of rotatable bonds is 5. The molecule has 0 spiro atoms. The van der Waals surface area contributed by atoms with Crippen molar-refractivity contribution in [2.24, 2.45) is 5.92 Å². The monoisotopic (exact) mass is 424 g/mol. The van der Waals surface area contributed by atoms with Crippen molar-refractivity contribution in [1.82, 2.24) is 19.2 Å². The average molecular weight is 425 g/mol. The number of aromatic nitrogens is 4. The lowest BCUT2D eigenvalue weighted by Crippen LogP contribution is -2.33. The molecule has 8 heteroatoms. The topological polar surface area (TPSA) is 89.5 Å². The highest BCUT2D eigenvalue weighted by molar-refractivity contribution is 6.30. The maximum atomic E-state index is 13.1. The van der Waals surface area contributed by atoms with Crippen LogP contribution in [-0.4, -0.2) is 30.2 Å². The summed E-state index contributed by atoms with van der Waals surface area (Å²) < 4.78 is 2.92. The summed E-state index contributed by atoms with van der Waals surface area (Å²) in [5.74, 6) is -1.29. The number of carboxylic acids is 1. The number of hydrogen-bond acceptors (Lipinski definition) is 4. The zero-order valence-electron chi connectivity index (χ0n) is 16.8. The molecule has 1 N–H and O–H groups in total.